The van der Waals surface area contributed by atoms with Crippen LogP contribution in [0.3, 0.4) is 0 Å². The quantitative estimate of drug-likeness (QED) is 0.0571. The van der Waals surface area contributed by atoms with E-state index < -0.39 is 92.4 Å². The summed E-state index contributed by atoms with van der Waals surface area (Å²) in [5.41, 5.74) is 0.921. The molecular formula is C36H39O18+. The van der Waals surface area contributed by atoms with Gasteiger partial charge in [-0.15, -0.1) is 0 Å². The molecule has 0 amide bonds. The van der Waals surface area contributed by atoms with Crippen LogP contribution < -0.4 is 0 Å². The minimum absolute atomic E-state index is 0.0705. The van der Waals surface area contributed by atoms with Gasteiger partial charge in [-0.2, -0.15) is 0 Å². The number of phenolic OH excluding ortho intramolecular Hbond substituents is 3. The molecule has 0 aromatic heterocycles. The molecule has 11 atom stereocenters. The molecular weight excluding hydrogens is 720 g/mol. The SMILES string of the molecule is O=C(/C=C/c1ccc(O)c(O)c1)OC[C@H]1O[C@@H](OC2=C(c3ccc(O)cc3)[OH+]C3C=C(O)C=C(O[C@@H]4O[C@H](CO)[C@@H](O)[C@H](O)[C@H]4O)C3=C2)[C@H](O)[C@@H](O)[C@@H]1O. The summed E-state index contributed by atoms with van der Waals surface area (Å²) >= 11 is 0. The molecule has 2 aromatic rings. The van der Waals surface area contributed by atoms with Gasteiger partial charge in [-0.25, -0.2) is 4.79 Å². The largest absolute Gasteiger partial charge is 0.571 e. The van der Waals surface area contributed by atoms with Crippen LogP contribution in [-0.2, 0) is 28.5 Å². The van der Waals surface area contributed by atoms with Gasteiger partial charge in [0.2, 0.25) is 24.4 Å². The number of rotatable bonds is 10. The highest BCUT2D eigenvalue weighted by atomic mass is 16.7. The average Bonchev–Trinajstić information content (AvgIpc) is 3.15. The first kappa shape index (κ1) is 38.6. The van der Waals surface area contributed by atoms with Crippen molar-refractivity contribution < 1.29 is 89.4 Å². The van der Waals surface area contributed by atoms with Crippen LogP contribution in [0.1, 0.15) is 11.1 Å². The van der Waals surface area contributed by atoms with Crippen molar-refractivity contribution in [3.8, 4) is 17.2 Å². The van der Waals surface area contributed by atoms with E-state index >= 15 is 0 Å². The molecule has 3 aliphatic heterocycles. The molecule has 18 heteroatoms. The van der Waals surface area contributed by atoms with Gasteiger partial charge in [0.05, 0.1) is 23.8 Å². The van der Waals surface area contributed by atoms with Gasteiger partial charge in [0.1, 0.15) is 72.7 Å². The summed E-state index contributed by atoms with van der Waals surface area (Å²) in [5.74, 6) is -2.20. The van der Waals surface area contributed by atoms with E-state index in [1.807, 2.05) is 0 Å². The molecule has 0 radical (unpaired) electrons. The van der Waals surface area contributed by atoms with E-state index in [4.69, 9.17) is 23.7 Å². The molecule has 12 N–H and O–H groups in total. The highest BCUT2D eigenvalue weighted by Gasteiger charge is 2.48. The van der Waals surface area contributed by atoms with Gasteiger partial charge in [0.25, 0.3) is 0 Å². The lowest BCUT2D eigenvalue weighted by atomic mass is 9.96. The Balaban J connectivity index is 1.25. The number of aliphatic hydroxyl groups is 10. The maximum absolute atomic E-state index is 12.5. The third-order valence-corrected chi connectivity index (χ3v) is 8.94. The fourth-order valence-corrected chi connectivity index (χ4v) is 5.95. The summed E-state index contributed by atoms with van der Waals surface area (Å²) in [7, 11) is 0. The summed E-state index contributed by atoms with van der Waals surface area (Å²) in [5, 5.41) is 113. The van der Waals surface area contributed by atoms with Crippen LogP contribution in [0.5, 0.6) is 17.2 Å². The Labute approximate surface area is 305 Å². The fourth-order valence-electron chi connectivity index (χ4n) is 5.95. The normalized spacial score (nSPS) is 32.5. The van der Waals surface area contributed by atoms with Crippen molar-refractivity contribution in [1.29, 1.82) is 0 Å². The Hall–Kier alpha value is -5.15. The number of hydrogen-bond acceptors (Lipinski definition) is 17. The summed E-state index contributed by atoms with van der Waals surface area (Å²) in [4.78, 5) is 12.5. The number of fused-ring (bicyclic) bond motifs is 1. The Morgan fingerprint density at radius 1 is 0.759 bits per heavy atom. The van der Waals surface area contributed by atoms with Gasteiger partial charge >= 0.3 is 11.7 Å². The number of carbonyl (C=O) groups is 1. The van der Waals surface area contributed by atoms with E-state index in [1.165, 1.54) is 60.7 Å². The predicted molar refractivity (Wildman–Crippen MR) is 180 cm³/mol. The van der Waals surface area contributed by atoms with Gasteiger partial charge in [0, 0.05) is 18.2 Å². The number of esters is 1. The van der Waals surface area contributed by atoms with Crippen LogP contribution >= 0.6 is 0 Å². The minimum atomic E-state index is -1.87. The van der Waals surface area contributed by atoms with Crippen molar-refractivity contribution in [3.05, 3.63) is 101 Å². The van der Waals surface area contributed by atoms with Crippen molar-refractivity contribution in [2.75, 3.05) is 13.2 Å². The first-order valence-electron chi connectivity index (χ1n) is 16.5. The molecule has 2 fully saturated rings. The highest BCUT2D eigenvalue weighted by molar-refractivity contribution is 5.87. The molecule has 1 unspecified atom stereocenters. The van der Waals surface area contributed by atoms with Crippen molar-refractivity contribution in [2.45, 2.75) is 67.5 Å². The molecule has 18 nitrogen and oxygen atoms in total. The lowest BCUT2D eigenvalue weighted by Crippen LogP contribution is -2.59. The van der Waals surface area contributed by atoms with Crippen LogP contribution in [0, 0.1) is 0 Å². The zero-order chi connectivity index (χ0) is 38.8. The van der Waals surface area contributed by atoms with E-state index in [-0.39, 0.29) is 40.1 Å². The number of aliphatic hydroxyl groups excluding tert-OH is 8. The van der Waals surface area contributed by atoms with Gasteiger partial charge in [0.15, 0.2) is 11.5 Å². The summed E-state index contributed by atoms with van der Waals surface area (Å²) in [6.45, 7) is -1.34. The fraction of sp³-hybridized carbons (Fsp3) is 0.361. The molecule has 1 aliphatic carbocycles. The van der Waals surface area contributed by atoms with E-state index in [0.717, 1.165) is 12.2 Å². The molecule has 0 saturated carbocycles. The molecule has 54 heavy (non-hydrogen) atoms. The zero-order valence-corrected chi connectivity index (χ0v) is 28.0. The topological polar surface area (TPSA) is 299 Å². The molecule has 290 valence electrons. The van der Waals surface area contributed by atoms with Crippen LogP contribution in [0.25, 0.3) is 11.8 Å². The number of phenols is 3. The molecule has 0 spiro atoms. The standard InChI is InChI=1S/C36H38O18/c37-13-25-28(43)30(45)32(47)35(53-25)51-23-11-18(39)10-22-19(23)12-24(34(50-22)16-3-5-17(38)6-4-16)52-36-33(48)31(46)29(44)26(54-36)14-49-27(42)8-2-15-1-7-20(40)21(41)9-15/h1-12,22,25-26,28-33,35-41,43-48H,13-14H2/p+1/b8-2+/t22?,25-,26-,28-,29-,30+,31+,32-,33-,35-,36-/m1/s1. The highest BCUT2D eigenvalue weighted by Crippen LogP contribution is 2.39. The molecule has 0 bridgehead atoms. The third-order valence-electron chi connectivity index (χ3n) is 8.94. The lowest BCUT2D eigenvalue weighted by Gasteiger charge is -2.41. The lowest BCUT2D eigenvalue weighted by molar-refractivity contribution is -0.292. The first-order valence-corrected chi connectivity index (χ1v) is 16.5. The number of hydrogen-bond donors (Lipinski definition) is 11. The van der Waals surface area contributed by atoms with Crippen molar-refractivity contribution in [3.63, 3.8) is 0 Å². The number of aromatic hydroxyl groups is 3. The van der Waals surface area contributed by atoms with Crippen molar-refractivity contribution in [1.82, 2.24) is 0 Å². The monoisotopic (exact) mass is 759 g/mol. The summed E-state index contributed by atoms with van der Waals surface area (Å²) in [6.07, 6.45) is -11.6. The van der Waals surface area contributed by atoms with Crippen molar-refractivity contribution in [2.24, 2.45) is 0 Å². The molecule has 4 aliphatic rings. The minimum Gasteiger partial charge on any atom is -0.571 e. The maximum Gasteiger partial charge on any atom is 0.330 e. The zero-order valence-electron chi connectivity index (χ0n) is 28.0. The second-order valence-electron chi connectivity index (χ2n) is 12.7. The molecule has 2 saturated heterocycles. The smallest absolute Gasteiger partial charge is 0.330 e. The predicted octanol–water partition coefficient (Wildman–Crippen LogP) is -1.45. The van der Waals surface area contributed by atoms with Gasteiger partial charge in [-0.3, -0.25) is 0 Å². The van der Waals surface area contributed by atoms with Crippen molar-refractivity contribution >= 4 is 17.8 Å². The molecule has 2 aromatic carbocycles. The first-order chi connectivity index (χ1) is 25.7. The van der Waals surface area contributed by atoms with Gasteiger partial charge in [-0.05, 0) is 48.0 Å². The maximum atomic E-state index is 12.5. The molecule has 6 rings (SSSR count). The summed E-state index contributed by atoms with van der Waals surface area (Å²) in [6, 6.07) is 9.57. The summed E-state index contributed by atoms with van der Waals surface area (Å²) < 4.78 is 33.0. The second-order valence-corrected chi connectivity index (χ2v) is 12.7. The van der Waals surface area contributed by atoms with E-state index in [2.05, 4.69) is 4.74 Å². The van der Waals surface area contributed by atoms with E-state index in [0.29, 0.717) is 11.1 Å². The molecule has 3 heterocycles. The number of carbonyl (C=O) groups excluding carboxylic acids is 1. The average molecular weight is 760 g/mol. The van der Waals surface area contributed by atoms with E-state index in [1.54, 1.807) is 0 Å². The van der Waals surface area contributed by atoms with Crippen LogP contribution in [0.15, 0.2) is 89.6 Å². The van der Waals surface area contributed by atoms with Gasteiger partial charge in [-0.1, -0.05) is 6.07 Å². The van der Waals surface area contributed by atoms with Crippen LogP contribution in [0.2, 0.25) is 0 Å². The van der Waals surface area contributed by atoms with Gasteiger partial charge < -0.3 is 84.6 Å². The van der Waals surface area contributed by atoms with Crippen LogP contribution in [-0.4, -0.2) is 148 Å². The number of allylic oxidation sites excluding steroid dienone is 2. The third kappa shape index (κ3) is 8.16. The second kappa shape index (κ2) is 16.1. The Morgan fingerprint density at radius 3 is 2.07 bits per heavy atom. The van der Waals surface area contributed by atoms with Crippen LogP contribution in [0.4, 0.5) is 0 Å². The Kier molecular flexibility index (Phi) is 11.5. The Morgan fingerprint density at radius 2 is 1.41 bits per heavy atom. The number of ether oxygens (including phenoxy) is 6. The number of benzene rings is 2. The Bertz CT molecular complexity index is 1850. The van der Waals surface area contributed by atoms with E-state index in [9.17, 15) is 61.0 Å².